The molecule has 5 rings (SSSR count). The van der Waals surface area contributed by atoms with Crippen LogP contribution in [0.2, 0.25) is 5.02 Å². The van der Waals surface area contributed by atoms with E-state index >= 15 is 4.39 Å². The first-order valence-electron chi connectivity index (χ1n) is 11.0. The van der Waals surface area contributed by atoms with Gasteiger partial charge in [-0.1, -0.05) is 35.9 Å². The Morgan fingerprint density at radius 2 is 1.76 bits per heavy atom. The molecular formula is C26H24ClF2IN2O. The van der Waals surface area contributed by atoms with Crippen LogP contribution in [0.15, 0.2) is 48.5 Å². The van der Waals surface area contributed by atoms with E-state index in [0.29, 0.717) is 38.7 Å². The third-order valence-corrected chi connectivity index (χ3v) is 8.31. The molecule has 0 radical (unpaired) electrons. The fourth-order valence-corrected chi connectivity index (χ4v) is 5.65. The second-order valence-electron chi connectivity index (χ2n) is 8.61. The summed E-state index contributed by atoms with van der Waals surface area (Å²) in [6.07, 6.45) is 1.46. The van der Waals surface area contributed by atoms with Gasteiger partial charge >= 0.3 is 0 Å². The predicted molar refractivity (Wildman–Crippen MR) is 136 cm³/mol. The first-order valence-corrected chi connectivity index (χ1v) is 12.5. The lowest BCUT2D eigenvalue weighted by molar-refractivity contribution is 0.399. The van der Waals surface area contributed by atoms with Crippen molar-refractivity contribution in [2.75, 3.05) is 25.1 Å². The Labute approximate surface area is 211 Å². The van der Waals surface area contributed by atoms with Crippen LogP contribution in [0, 0.1) is 15.2 Å². The average molecular weight is 581 g/mol. The Balaban J connectivity index is 1.37. The second kappa shape index (κ2) is 9.39. The number of hydrogen-bond donors (Lipinski definition) is 1. The Morgan fingerprint density at radius 3 is 2.52 bits per heavy atom. The van der Waals surface area contributed by atoms with E-state index in [2.05, 4.69) is 17.4 Å². The first kappa shape index (κ1) is 22.9. The number of hydrogen-bond acceptors (Lipinski definition) is 3. The summed E-state index contributed by atoms with van der Waals surface area (Å²) in [6.45, 7) is 2.03. The lowest BCUT2D eigenvalue weighted by Gasteiger charge is -2.34. The van der Waals surface area contributed by atoms with Gasteiger partial charge in [-0.25, -0.2) is 8.78 Å². The van der Waals surface area contributed by atoms with Crippen molar-refractivity contribution in [1.29, 1.82) is 0 Å². The first-order chi connectivity index (χ1) is 16.0. The number of nitrogens with one attached hydrogen (secondary N) is 1. The minimum Gasteiger partial charge on any atom is -0.496 e. The van der Waals surface area contributed by atoms with Gasteiger partial charge in [0.05, 0.1) is 23.9 Å². The van der Waals surface area contributed by atoms with Crippen molar-refractivity contribution < 1.29 is 13.5 Å². The van der Waals surface area contributed by atoms with Crippen LogP contribution >= 0.6 is 34.2 Å². The van der Waals surface area contributed by atoms with Crippen molar-refractivity contribution in [2.45, 2.75) is 31.3 Å². The van der Waals surface area contributed by atoms with Gasteiger partial charge in [0.1, 0.15) is 17.4 Å². The van der Waals surface area contributed by atoms with E-state index in [1.54, 1.807) is 19.2 Å². The summed E-state index contributed by atoms with van der Waals surface area (Å²) in [7, 11) is 1.63. The molecule has 1 saturated heterocycles. The van der Waals surface area contributed by atoms with Gasteiger partial charge in [-0.3, -0.25) is 0 Å². The zero-order valence-corrected chi connectivity index (χ0v) is 21.1. The van der Waals surface area contributed by atoms with E-state index in [0.717, 1.165) is 30.5 Å². The second-order valence-corrected chi connectivity index (χ2v) is 10.2. The van der Waals surface area contributed by atoms with Crippen molar-refractivity contribution in [3.8, 4) is 5.75 Å². The summed E-state index contributed by atoms with van der Waals surface area (Å²) in [5, 5.41) is 4.02. The maximum atomic E-state index is 15.4. The molecule has 1 N–H and O–H groups in total. The number of nitrogens with zero attached hydrogens (tertiary/aromatic N) is 1. The maximum absolute atomic E-state index is 15.4. The zero-order chi connectivity index (χ0) is 23.1. The molecule has 0 saturated carbocycles. The van der Waals surface area contributed by atoms with Gasteiger partial charge in [0, 0.05) is 28.8 Å². The highest BCUT2D eigenvalue weighted by Gasteiger charge is 2.30. The van der Waals surface area contributed by atoms with Crippen molar-refractivity contribution in [3.05, 3.63) is 91.0 Å². The number of anilines is 1. The van der Waals surface area contributed by atoms with Crippen molar-refractivity contribution in [2.24, 2.45) is 0 Å². The fraction of sp³-hybridized carbons (Fsp3) is 0.308. The van der Waals surface area contributed by atoms with Gasteiger partial charge in [0.15, 0.2) is 0 Å². The summed E-state index contributed by atoms with van der Waals surface area (Å²) >= 11 is 8.24. The third-order valence-electron chi connectivity index (χ3n) is 6.79. The van der Waals surface area contributed by atoms with Crippen LogP contribution in [0.5, 0.6) is 5.75 Å². The van der Waals surface area contributed by atoms with Crippen LogP contribution in [0.25, 0.3) is 0 Å². The molecule has 1 unspecified atom stereocenters. The molecule has 0 aromatic heterocycles. The number of piperidine rings is 1. The molecule has 0 aliphatic carbocycles. The summed E-state index contributed by atoms with van der Waals surface area (Å²) < 4.78 is 36.3. The SMILES string of the molecule is COc1cc(C2CCN(c3cc(Cl)c(I)cc3F)CC2)c(F)cc1C1NCc2ccccc21. The van der Waals surface area contributed by atoms with Crippen molar-refractivity contribution >= 4 is 39.9 Å². The minimum atomic E-state index is -0.274. The number of rotatable bonds is 4. The van der Waals surface area contributed by atoms with Gasteiger partial charge in [-0.15, -0.1) is 0 Å². The molecule has 0 spiro atoms. The summed E-state index contributed by atoms with van der Waals surface area (Å²) in [6, 6.07) is 14.7. The van der Waals surface area contributed by atoms with Crippen LogP contribution in [-0.2, 0) is 6.54 Å². The number of ether oxygens (including phenoxy) is 1. The van der Waals surface area contributed by atoms with Gasteiger partial charge in [-0.2, -0.15) is 0 Å². The fourth-order valence-electron chi connectivity index (χ4n) is 5.06. The lowest BCUT2D eigenvalue weighted by atomic mass is 9.86. The van der Waals surface area contributed by atoms with Crippen LogP contribution in [0.3, 0.4) is 0 Å². The average Bonchev–Trinajstić information content (AvgIpc) is 3.25. The van der Waals surface area contributed by atoms with Crippen molar-refractivity contribution in [1.82, 2.24) is 5.32 Å². The molecular weight excluding hydrogens is 557 g/mol. The van der Waals surface area contributed by atoms with E-state index in [1.165, 1.54) is 11.6 Å². The number of methoxy groups -OCH3 is 1. The molecule has 1 fully saturated rings. The molecule has 0 amide bonds. The van der Waals surface area contributed by atoms with Gasteiger partial charge in [0.25, 0.3) is 0 Å². The van der Waals surface area contributed by atoms with E-state index < -0.39 is 0 Å². The molecule has 2 heterocycles. The lowest BCUT2D eigenvalue weighted by Crippen LogP contribution is -2.33. The molecule has 2 aliphatic heterocycles. The topological polar surface area (TPSA) is 24.5 Å². The summed E-state index contributed by atoms with van der Waals surface area (Å²) in [4.78, 5) is 2.00. The van der Waals surface area contributed by atoms with E-state index in [4.69, 9.17) is 16.3 Å². The molecule has 7 heteroatoms. The molecule has 33 heavy (non-hydrogen) atoms. The van der Waals surface area contributed by atoms with Gasteiger partial charge < -0.3 is 15.0 Å². The van der Waals surface area contributed by atoms with Gasteiger partial charge in [0.2, 0.25) is 0 Å². The maximum Gasteiger partial charge on any atom is 0.147 e. The Hall–Kier alpha value is -1.90. The minimum absolute atomic E-state index is 0.0513. The number of fused-ring (bicyclic) bond motifs is 1. The van der Waals surface area contributed by atoms with Crippen LogP contribution in [-0.4, -0.2) is 20.2 Å². The molecule has 0 bridgehead atoms. The quantitative estimate of drug-likeness (QED) is 0.271. The molecule has 2 aliphatic rings. The smallest absolute Gasteiger partial charge is 0.147 e. The highest BCUT2D eigenvalue weighted by molar-refractivity contribution is 14.1. The van der Waals surface area contributed by atoms with E-state index in [-0.39, 0.29) is 23.6 Å². The van der Waals surface area contributed by atoms with Gasteiger partial charge in [-0.05, 0) is 82.3 Å². The summed E-state index contributed by atoms with van der Waals surface area (Å²) in [5.41, 5.74) is 4.39. The Morgan fingerprint density at radius 1 is 1.00 bits per heavy atom. The molecule has 3 nitrogen and oxygen atoms in total. The number of halogens is 4. The third kappa shape index (κ3) is 4.33. The van der Waals surface area contributed by atoms with E-state index in [9.17, 15) is 4.39 Å². The molecule has 3 aromatic carbocycles. The Bertz CT molecular complexity index is 1200. The molecule has 3 aromatic rings. The summed E-state index contributed by atoms with van der Waals surface area (Å²) in [5.74, 6) is 0.261. The van der Waals surface area contributed by atoms with Crippen LogP contribution < -0.4 is 15.0 Å². The normalized spacial score (nSPS) is 18.5. The molecule has 1 atom stereocenters. The highest BCUT2D eigenvalue weighted by atomic mass is 127. The van der Waals surface area contributed by atoms with E-state index in [1.807, 2.05) is 45.7 Å². The van der Waals surface area contributed by atoms with Crippen LogP contribution in [0.1, 0.15) is 47.1 Å². The predicted octanol–water partition coefficient (Wildman–Crippen LogP) is 6.81. The zero-order valence-electron chi connectivity index (χ0n) is 18.2. The monoisotopic (exact) mass is 580 g/mol. The highest BCUT2D eigenvalue weighted by Crippen LogP contribution is 2.41. The van der Waals surface area contributed by atoms with Crippen molar-refractivity contribution in [3.63, 3.8) is 0 Å². The standard InChI is InChI=1S/C26H24ClF2IN2O/c1-33-25-11-18(21(28)10-19(25)26-17-5-3-2-4-16(17)14-31-26)15-6-8-32(9-7-15)24-12-20(27)23(30)13-22(24)29/h2-5,10-13,15,26,31H,6-9,14H2,1H3. The molecule has 172 valence electrons. The number of benzene rings is 3. The van der Waals surface area contributed by atoms with Crippen LogP contribution in [0.4, 0.5) is 14.5 Å². The largest absolute Gasteiger partial charge is 0.496 e. The Kier molecular flexibility index (Phi) is 6.51.